The number of carboxylic acids is 1. The molecule has 1 amide bonds. The number of aliphatic carboxylic acids is 1. The van der Waals surface area contributed by atoms with Gasteiger partial charge in [0.05, 0.1) is 5.75 Å². The standard InChI is InChI=1S/C14H16FNO3S/c1-14(13(18)19)7-2-8-16(14)12(17)9-20-11-5-3-10(15)4-6-11/h3-6H,2,7-9H2,1H3,(H,18,19). The topological polar surface area (TPSA) is 57.6 Å². The smallest absolute Gasteiger partial charge is 0.329 e. The second-order valence-corrected chi connectivity index (χ2v) is 6.02. The van der Waals surface area contributed by atoms with E-state index in [9.17, 15) is 19.1 Å². The molecule has 1 fully saturated rings. The van der Waals surface area contributed by atoms with E-state index in [4.69, 9.17) is 0 Å². The molecule has 6 heteroatoms. The lowest BCUT2D eigenvalue weighted by molar-refractivity contribution is -0.154. The lowest BCUT2D eigenvalue weighted by atomic mass is 9.99. The Labute approximate surface area is 121 Å². The van der Waals surface area contributed by atoms with Gasteiger partial charge in [0.1, 0.15) is 11.4 Å². The molecule has 20 heavy (non-hydrogen) atoms. The Hall–Kier alpha value is -1.56. The summed E-state index contributed by atoms with van der Waals surface area (Å²) >= 11 is 1.29. The first kappa shape index (κ1) is 14.8. The van der Waals surface area contributed by atoms with Crippen molar-refractivity contribution in [1.82, 2.24) is 4.90 Å². The van der Waals surface area contributed by atoms with Crippen LogP contribution in [0.3, 0.4) is 0 Å². The van der Waals surface area contributed by atoms with Crippen molar-refractivity contribution >= 4 is 23.6 Å². The zero-order valence-corrected chi connectivity index (χ0v) is 12.0. The van der Waals surface area contributed by atoms with Gasteiger partial charge in [0.2, 0.25) is 5.91 Å². The van der Waals surface area contributed by atoms with Crippen LogP contribution in [0.2, 0.25) is 0 Å². The van der Waals surface area contributed by atoms with E-state index in [1.807, 2.05) is 0 Å². The van der Waals surface area contributed by atoms with Crippen LogP contribution in [0, 0.1) is 5.82 Å². The predicted molar refractivity (Wildman–Crippen MR) is 74.1 cm³/mol. The van der Waals surface area contributed by atoms with Gasteiger partial charge in [-0.3, -0.25) is 4.79 Å². The Balaban J connectivity index is 1.98. The quantitative estimate of drug-likeness (QED) is 0.867. The van der Waals surface area contributed by atoms with Crippen LogP contribution in [0.15, 0.2) is 29.2 Å². The zero-order valence-electron chi connectivity index (χ0n) is 11.1. The van der Waals surface area contributed by atoms with E-state index < -0.39 is 11.5 Å². The van der Waals surface area contributed by atoms with Crippen molar-refractivity contribution in [3.05, 3.63) is 30.1 Å². The van der Waals surface area contributed by atoms with Crippen LogP contribution in [-0.2, 0) is 9.59 Å². The van der Waals surface area contributed by atoms with E-state index in [-0.39, 0.29) is 17.5 Å². The first-order valence-corrected chi connectivity index (χ1v) is 7.34. The molecular formula is C14H16FNO3S. The molecule has 0 saturated carbocycles. The van der Waals surface area contributed by atoms with Crippen LogP contribution < -0.4 is 0 Å². The van der Waals surface area contributed by atoms with Gasteiger partial charge in [-0.2, -0.15) is 0 Å². The molecule has 0 bridgehead atoms. The minimum Gasteiger partial charge on any atom is -0.480 e. The summed E-state index contributed by atoms with van der Waals surface area (Å²) in [5.74, 6) is -1.32. The molecule has 1 aliphatic heterocycles. The lowest BCUT2D eigenvalue weighted by Crippen LogP contribution is -2.51. The molecule has 1 atom stereocenters. The van der Waals surface area contributed by atoms with Crippen molar-refractivity contribution in [2.24, 2.45) is 0 Å². The van der Waals surface area contributed by atoms with Crippen LogP contribution in [0.4, 0.5) is 4.39 Å². The number of rotatable bonds is 4. The van der Waals surface area contributed by atoms with Crippen molar-refractivity contribution in [3.63, 3.8) is 0 Å². The third kappa shape index (κ3) is 2.95. The monoisotopic (exact) mass is 297 g/mol. The molecule has 2 rings (SSSR count). The highest BCUT2D eigenvalue weighted by atomic mass is 32.2. The molecule has 0 spiro atoms. The fourth-order valence-corrected chi connectivity index (χ4v) is 3.11. The van der Waals surface area contributed by atoms with Gasteiger partial charge in [0.25, 0.3) is 0 Å². The largest absolute Gasteiger partial charge is 0.480 e. The van der Waals surface area contributed by atoms with Crippen molar-refractivity contribution in [3.8, 4) is 0 Å². The maximum Gasteiger partial charge on any atom is 0.329 e. The number of halogens is 1. The van der Waals surface area contributed by atoms with Crippen LogP contribution in [0.1, 0.15) is 19.8 Å². The third-order valence-electron chi connectivity index (χ3n) is 3.58. The molecule has 1 aliphatic rings. The predicted octanol–water partition coefficient (Wildman–Crippen LogP) is 2.38. The lowest BCUT2D eigenvalue weighted by Gasteiger charge is -2.31. The van der Waals surface area contributed by atoms with Crippen LogP contribution in [-0.4, -0.2) is 39.7 Å². The average Bonchev–Trinajstić information content (AvgIpc) is 2.81. The van der Waals surface area contributed by atoms with Gasteiger partial charge < -0.3 is 10.0 Å². The zero-order chi connectivity index (χ0) is 14.8. The summed E-state index contributed by atoms with van der Waals surface area (Å²) in [6, 6.07) is 5.88. The summed E-state index contributed by atoms with van der Waals surface area (Å²) in [5.41, 5.74) is -1.10. The second kappa shape index (κ2) is 5.83. The van der Waals surface area contributed by atoms with Gasteiger partial charge in [-0.25, -0.2) is 9.18 Å². The highest BCUT2D eigenvalue weighted by Gasteiger charge is 2.45. The Morgan fingerprint density at radius 3 is 2.65 bits per heavy atom. The average molecular weight is 297 g/mol. The summed E-state index contributed by atoms with van der Waals surface area (Å²) in [7, 11) is 0. The summed E-state index contributed by atoms with van der Waals surface area (Å²) < 4.78 is 12.8. The Kier molecular flexibility index (Phi) is 4.32. The van der Waals surface area contributed by atoms with Crippen molar-refractivity contribution in [2.75, 3.05) is 12.3 Å². The molecular weight excluding hydrogens is 281 g/mol. The van der Waals surface area contributed by atoms with Gasteiger partial charge in [0.15, 0.2) is 0 Å². The van der Waals surface area contributed by atoms with E-state index in [2.05, 4.69) is 0 Å². The summed E-state index contributed by atoms with van der Waals surface area (Å²) in [6.45, 7) is 2.06. The maximum atomic E-state index is 12.8. The van der Waals surface area contributed by atoms with E-state index >= 15 is 0 Å². The SMILES string of the molecule is CC1(C(=O)O)CCCN1C(=O)CSc1ccc(F)cc1. The maximum absolute atomic E-state index is 12.8. The Morgan fingerprint density at radius 2 is 2.05 bits per heavy atom. The number of likely N-dealkylation sites (tertiary alicyclic amines) is 1. The van der Waals surface area contributed by atoms with Crippen molar-refractivity contribution in [1.29, 1.82) is 0 Å². The van der Waals surface area contributed by atoms with Crippen molar-refractivity contribution in [2.45, 2.75) is 30.2 Å². The van der Waals surface area contributed by atoms with Gasteiger partial charge in [-0.05, 0) is 44.0 Å². The number of carbonyl (C=O) groups excluding carboxylic acids is 1. The first-order chi connectivity index (χ1) is 9.43. The number of amides is 1. The second-order valence-electron chi connectivity index (χ2n) is 4.97. The van der Waals surface area contributed by atoms with Gasteiger partial charge in [0, 0.05) is 11.4 Å². The van der Waals surface area contributed by atoms with E-state index in [1.165, 1.54) is 28.8 Å². The molecule has 0 radical (unpaired) electrons. The molecule has 108 valence electrons. The highest BCUT2D eigenvalue weighted by molar-refractivity contribution is 8.00. The normalized spacial score (nSPS) is 22.0. The van der Waals surface area contributed by atoms with Crippen LogP contribution in [0.5, 0.6) is 0 Å². The van der Waals surface area contributed by atoms with Gasteiger partial charge in [-0.15, -0.1) is 11.8 Å². The minimum absolute atomic E-state index is 0.161. The summed E-state index contributed by atoms with van der Waals surface area (Å²) in [6.07, 6.45) is 1.19. The molecule has 1 unspecified atom stereocenters. The number of thioether (sulfide) groups is 1. The fraction of sp³-hybridized carbons (Fsp3) is 0.429. The molecule has 0 aromatic heterocycles. The minimum atomic E-state index is -1.10. The molecule has 4 nitrogen and oxygen atoms in total. The molecule has 1 aromatic rings. The molecule has 1 N–H and O–H groups in total. The van der Waals surface area contributed by atoms with E-state index in [1.54, 1.807) is 19.1 Å². The van der Waals surface area contributed by atoms with E-state index in [0.717, 1.165) is 4.90 Å². The fourth-order valence-electron chi connectivity index (χ4n) is 2.34. The Morgan fingerprint density at radius 1 is 1.40 bits per heavy atom. The molecule has 1 aromatic carbocycles. The van der Waals surface area contributed by atoms with Crippen LogP contribution >= 0.6 is 11.8 Å². The molecule has 0 aliphatic carbocycles. The number of carbonyl (C=O) groups is 2. The number of nitrogens with zero attached hydrogens (tertiary/aromatic N) is 1. The van der Waals surface area contributed by atoms with E-state index in [0.29, 0.717) is 19.4 Å². The summed E-state index contributed by atoms with van der Waals surface area (Å²) in [4.78, 5) is 25.7. The Bertz CT molecular complexity index is 520. The van der Waals surface area contributed by atoms with Gasteiger partial charge >= 0.3 is 5.97 Å². The third-order valence-corrected chi connectivity index (χ3v) is 4.58. The van der Waals surface area contributed by atoms with Crippen molar-refractivity contribution < 1.29 is 19.1 Å². The molecule has 1 heterocycles. The number of benzene rings is 1. The number of carboxylic acid groups (broad SMARTS) is 1. The highest BCUT2D eigenvalue weighted by Crippen LogP contribution is 2.30. The van der Waals surface area contributed by atoms with Gasteiger partial charge in [-0.1, -0.05) is 0 Å². The number of hydrogen-bond donors (Lipinski definition) is 1. The molecule has 1 saturated heterocycles. The first-order valence-electron chi connectivity index (χ1n) is 6.36. The summed E-state index contributed by atoms with van der Waals surface area (Å²) in [5, 5.41) is 9.27. The number of hydrogen-bond acceptors (Lipinski definition) is 3. The van der Waals surface area contributed by atoms with Crippen LogP contribution in [0.25, 0.3) is 0 Å².